The summed E-state index contributed by atoms with van der Waals surface area (Å²) in [6.07, 6.45) is 0.847. The quantitative estimate of drug-likeness (QED) is 0.790. The molecule has 6 heteroatoms. The van der Waals surface area contributed by atoms with Gasteiger partial charge in [-0.05, 0) is 24.6 Å². The number of nitrogen functional groups attached to an aromatic ring is 1. The summed E-state index contributed by atoms with van der Waals surface area (Å²) in [5, 5.41) is 13.5. The molecule has 0 saturated heterocycles. The molecule has 2 rings (SSSR count). The maximum absolute atomic E-state index is 11.1. The van der Waals surface area contributed by atoms with Crippen LogP contribution in [0.3, 0.4) is 0 Å². The number of aliphatic carboxylic acids is 1. The molecule has 0 unspecified atom stereocenters. The first-order valence-corrected chi connectivity index (χ1v) is 6.84. The van der Waals surface area contributed by atoms with Crippen molar-refractivity contribution in [3.63, 3.8) is 0 Å². The number of para-hydroxylation sites is 2. The second-order valence-corrected chi connectivity index (χ2v) is 4.91. The van der Waals surface area contributed by atoms with Crippen LogP contribution in [-0.2, 0) is 24.8 Å². The lowest BCUT2D eigenvalue weighted by molar-refractivity contribution is -0.135. The fraction of sp³-hybridized carbons (Fsp3) is 0.333. The van der Waals surface area contributed by atoms with E-state index in [-0.39, 0.29) is 6.54 Å². The predicted octanol–water partition coefficient (Wildman–Crippen LogP) is 1.66. The van der Waals surface area contributed by atoms with Gasteiger partial charge in [-0.1, -0.05) is 19.1 Å². The van der Waals surface area contributed by atoms with Gasteiger partial charge in [0, 0.05) is 7.05 Å². The van der Waals surface area contributed by atoms with Gasteiger partial charge < -0.3 is 15.7 Å². The van der Waals surface area contributed by atoms with E-state index in [9.17, 15) is 4.79 Å². The number of rotatable bonds is 6. The van der Waals surface area contributed by atoms with E-state index in [1.54, 1.807) is 15.6 Å². The van der Waals surface area contributed by atoms with Crippen LogP contribution in [0, 0.1) is 0 Å². The molecule has 3 N–H and O–H groups in total. The highest BCUT2D eigenvalue weighted by atomic mass is 16.4. The van der Waals surface area contributed by atoms with Gasteiger partial charge in [0.2, 0.25) is 0 Å². The third-order valence-electron chi connectivity index (χ3n) is 3.35. The molecule has 0 bridgehead atoms. The van der Waals surface area contributed by atoms with Crippen LogP contribution in [0.25, 0.3) is 0 Å². The summed E-state index contributed by atoms with van der Waals surface area (Å²) in [4.78, 5) is 12.9. The van der Waals surface area contributed by atoms with Gasteiger partial charge in [-0.3, -0.25) is 9.48 Å². The molecular weight excluding hydrogens is 268 g/mol. The Kier molecular flexibility index (Phi) is 4.47. The molecule has 1 aromatic heterocycles. The van der Waals surface area contributed by atoms with E-state index in [1.807, 2.05) is 38.2 Å². The maximum Gasteiger partial charge on any atom is 0.323 e. The van der Waals surface area contributed by atoms with E-state index >= 15 is 0 Å². The molecule has 0 aliphatic carbocycles. The SMILES string of the molecule is CCc1cc(CN(CC(=O)O)c2ccccc2N)n(C)n1. The van der Waals surface area contributed by atoms with Crippen LogP contribution in [-0.4, -0.2) is 27.4 Å². The highest BCUT2D eigenvalue weighted by molar-refractivity contribution is 5.77. The molecule has 0 aliphatic rings. The average Bonchev–Trinajstić information content (AvgIpc) is 2.79. The van der Waals surface area contributed by atoms with Crippen molar-refractivity contribution in [3.8, 4) is 0 Å². The predicted molar refractivity (Wildman–Crippen MR) is 82.1 cm³/mol. The largest absolute Gasteiger partial charge is 0.480 e. The minimum absolute atomic E-state index is 0.110. The number of hydrogen-bond donors (Lipinski definition) is 2. The Balaban J connectivity index is 2.30. The Morgan fingerprint density at radius 3 is 2.71 bits per heavy atom. The maximum atomic E-state index is 11.1. The van der Waals surface area contributed by atoms with Gasteiger partial charge in [0.15, 0.2) is 0 Å². The van der Waals surface area contributed by atoms with Crippen LogP contribution in [0.4, 0.5) is 11.4 Å². The number of aryl methyl sites for hydroxylation is 2. The van der Waals surface area contributed by atoms with Gasteiger partial charge in [-0.25, -0.2) is 0 Å². The van der Waals surface area contributed by atoms with Crippen molar-refractivity contribution in [2.24, 2.45) is 7.05 Å². The topological polar surface area (TPSA) is 84.4 Å². The highest BCUT2D eigenvalue weighted by Gasteiger charge is 2.16. The van der Waals surface area contributed by atoms with Crippen LogP contribution in [0.15, 0.2) is 30.3 Å². The molecule has 0 amide bonds. The highest BCUT2D eigenvalue weighted by Crippen LogP contribution is 2.24. The number of aromatic nitrogens is 2. The Bertz CT molecular complexity index is 636. The molecule has 2 aromatic rings. The molecular formula is C15H20N4O2. The van der Waals surface area contributed by atoms with E-state index in [1.165, 1.54) is 0 Å². The van der Waals surface area contributed by atoms with Crippen LogP contribution < -0.4 is 10.6 Å². The van der Waals surface area contributed by atoms with Gasteiger partial charge in [0.1, 0.15) is 6.54 Å². The van der Waals surface area contributed by atoms with Crippen molar-refractivity contribution in [2.45, 2.75) is 19.9 Å². The Labute approximate surface area is 123 Å². The molecule has 0 aliphatic heterocycles. The van der Waals surface area contributed by atoms with Crippen LogP contribution in [0.5, 0.6) is 0 Å². The van der Waals surface area contributed by atoms with Gasteiger partial charge in [-0.2, -0.15) is 5.10 Å². The number of hydrogen-bond acceptors (Lipinski definition) is 4. The molecule has 0 spiro atoms. The second-order valence-electron chi connectivity index (χ2n) is 4.91. The summed E-state index contributed by atoms with van der Waals surface area (Å²) in [7, 11) is 1.86. The number of carboxylic acid groups (broad SMARTS) is 1. The summed E-state index contributed by atoms with van der Waals surface area (Å²) >= 11 is 0. The molecule has 0 atom stereocenters. The lowest BCUT2D eigenvalue weighted by Crippen LogP contribution is -2.30. The molecule has 112 valence electrons. The first kappa shape index (κ1) is 14.9. The molecule has 0 fully saturated rings. The zero-order valence-electron chi connectivity index (χ0n) is 12.3. The van der Waals surface area contributed by atoms with E-state index in [0.29, 0.717) is 12.2 Å². The number of nitrogens with zero attached hydrogens (tertiary/aromatic N) is 3. The fourth-order valence-corrected chi connectivity index (χ4v) is 2.25. The van der Waals surface area contributed by atoms with Crippen molar-refractivity contribution in [1.29, 1.82) is 0 Å². The number of carbonyl (C=O) groups is 1. The lowest BCUT2D eigenvalue weighted by Gasteiger charge is -2.24. The Morgan fingerprint density at radius 2 is 2.14 bits per heavy atom. The number of benzene rings is 1. The molecule has 1 aromatic carbocycles. The summed E-state index contributed by atoms with van der Waals surface area (Å²) < 4.78 is 1.78. The first-order chi connectivity index (χ1) is 10.0. The fourth-order valence-electron chi connectivity index (χ4n) is 2.25. The van der Waals surface area contributed by atoms with Crippen LogP contribution in [0.2, 0.25) is 0 Å². The number of anilines is 2. The molecule has 0 radical (unpaired) electrons. The molecule has 6 nitrogen and oxygen atoms in total. The number of nitrogens with two attached hydrogens (primary N) is 1. The monoisotopic (exact) mass is 288 g/mol. The standard InChI is InChI=1S/C15H20N4O2/c1-3-11-8-12(18(2)17-11)9-19(10-15(20)21)14-7-5-4-6-13(14)16/h4-8H,3,9-10,16H2,1-2H3,(H,20,21). The average molecular weight is 288 g/mol. The molecule has 1 heterocycles. The van der Waals surface area contributed by atoms with Gasteiger partial charge in [-0.15, -0.1) is 0 Å². The van der Waals surface area contributed by atoms with Gasteiger partial charge >= 0.3 is 5.97 Å². The van der Waals surface area contributed by atoms with Gasteiger partial charge in [0.05, 0.1) is 29.3 Å². The zero-order valence-corrected chi connectivity index (χ0v) is 12.3. The summed E-state index contributed by atoms with van der Waals surface area (Å²) in [6.45, 7) is 2.38. The first-order valence-electron chi connectivity index (χ1n) is 6.84. The zero-order chi connectivity index (χ0) is 15.4. The Morgan fingerprint density at radius 1 is 1.43 bits per heavy atom. The molecule has 0 saturated carbocycles. The van der Waals surface area contributed by atoms with Crippen LogP contribution in [0.1, 0.15) is 18.3 Å². The van der Waals surface area contributed by atoms with Crippen molar-refractivity contribution >= 4 is 17.3 Å². The smallest absolute Gasteiger partial charge is 0.323 e. The lowest BCUT2D eigenvalue weighted by atomic mass is 10.2. The van der Waals surface area contributed by atoms with E-state index in [2.05, 4.69) is 5.10 Å². The van der Waals surface area contributed by atoms with Gasteiger partial charge in [0.25, 0.3) is 0 Å². The molecule has 21 heavy (non-hydrogen) atoms. The third kappa shape index (κ3) is 3.53. The summed E-state index contributed by atoms with van der Waals surface area (Å²) in [5.74, 6) is -0.892. The van der Waals surface area contributed by atoms with Crippen molar-refractivity contribution in [3.05, 3.63) is 41.7 Å². The summed E-state index contributed by atoms with van der Waals surface area (Å²) in [5.41, 5.74) is 9.20. The van der Waals surface area contributed by atoms with E-state index < -0.39 is 5.97 Å². The minimum atomic E-state index is -0.892. The van der Waals surface area contributed by atoms with Crippen molar-refractivity contribution in [1.82, 2.24) is 9.78 Å². The third-order valence-corrected chi connectivity index (χ3v) is 3.35. The van der Waals surface area contributed by atoms with Crippen LogP contribution >= 0.6 is 0 Å². The second kappa shape index (κ2) is 6.30. The van der Waals surface area contributed by atoms with E-state index in [0.717, 1.165) is 23.5 Å². The normalized spacial score (nSPS) is 10.6. The van der Waals surface area contributed by atoms with E-state index in [4.69, 9.17) is 10.8 Å². The number of carboxylic acids is 1. The summed E-state index contributed by atoms with van der Waals surface area (Å²) in [6, 6.07) is 9.27. The van der Waals surface area contributed by atoms with Crippen molar-refractivity contribution in [2.75, 3.05) is 17.2 Å². The van der Waals surface area contributed by atoms with Crippen molar-refractivity contribution < 1.29 is 9.90 Å². The minimum Gasteiger partial charge on any atom is -0.480 e. The Hall–Kier alpha value is -2.50.